The van der Waals surface area contributed by atoms with Gasteiger partial charge in [-0.3, -0.25) is 0 Å². The van der Waals surface area contributed by atoms with E-state index in [1.54, 1.807) is 4.57 Å². The molecule has 0 spiro atoms. The average molecular weight is 294 g/mol. The summed E-state index contributed by atoms with van der Waals surface area (Å²) in [5, 5.41) is 0. The molecule has 0 bridgehead atoms. The van der Waals surface area contributed by atoms with Crippen LogP contribution in [0.4, 0.5) is 14.7 Å². The average Bonchev–Trinajstić information content (AvgIpc) is 2.98. The Morgan fingerprint density at radius 1 is 1.38 bits per heavy atom. The highest BCUT2D eigenvalue weighted by Gasteiger charge is 2.26. The lowest BCUT2D eigenvalue weighted by Crippen LogP contribution is -2.28. The van der Waals surface area contributed by atoms with Gasteiger partial charge < -0.3 is 15.2 Å². The molecular formula is C15H20F2N4. The van der Waals surface area contributed by atoms with Crippen LogP contribution in [0.15, 0.2) is 12.1 Å². The topological polar surface area (TPSA) is 47.1 Å². The number of aromatic nitrogens is 2. The van der Waals surface area contributed by atoms with Crippen molar-refractivity contribution >= 4 is 17.0 Å². The smallest absolute Gasteiger partial charge is 0.201 e. The van der Waals surface area contributed by atoms with Crippen LogP contribution in [-0.2, 0) is 6.54 Å². The Hall–Kier alpha value is -1.69. The molecule has 4 nitrogen and oxygen atoms in total. The third-order valence-electron chi connectivity index (χ3n) is 4.29. The van der Waals surface area contributed by atoms with Crippen LogP contribution >= 0.6 is 0 Å². The molecule has 1 aromatic carbocycles. The van der Waals surface area contributed by atoms with Crippen LogP contribution in [0.2, 0.25) is 0 Å². The number of fused-ring (bicyclic) bond motifs is 1. The van der Waals surface area contributed by atoms with Crippen LogP contribution in [0.25, 0.3) is 11.0 Å². The van der Waals surface area contributed by atoms with Crippen LogP contribution in [0.3, 0.4) is 0 Å². The number of halogens is 2. The van der Waals surface area contributed by atoms with Gasteiger partial charge >= 0.3 is 0 Å². The molecule has 1 fully saturated rings. The monoisotopic (exact) mass is 294 g/mol. The second-order valence-corrected chi connectivity index (χ2v) is 6.08. The van der Waals surface area contributed by atoms with Crippen molar-refractivity contribution in [3.8, 4) is 0 Å². The summed E-state index contributed by atoms with van der Waals surface area (Å²) in [5.74, 6) is -0.585. The molecule has 1 aliphatic heterocycles. The Morgan fingerprint density at radius 2 is 2.14 bits per heavy atom. The molecule has 0 radical (unpaired) electrons. The number of nitrogens with zero attached hydrogens (tertiary/aromatic N) is 3. The fourth-order valence-corrected chi connectivity index (χ4v) is 3.10. The first-order valence-corrected chi connectivity index (χ1v) is 7.30. The van der Waals surface area contributed by atoms with Crippen LogP contribution in [0.5, 0.6) is 0 Å². The Labute approximate surface area is 122 Å². The van der Waals surface area contributed by atoms with Crippen LogP contribution < -0.4 is 5.73 Å². The van der Waals surface area contributed by atoms with E-state index in [2.05, 4.69) is 23.7 Å². The highest BCUT2D eigenvalue weighted by atomic mass is 19.1. The Bertz CT molecular complexity index is 665. The summed E-state index contributed by atoms with van der Waals surface area (Å²) >= 11 is 0. The quantitative estimate of drug-likeness (QED) is 0.946. The van der Waals surface area contributed by atoms with Gasteiger partial charge in [0.05, 0.1) is 5.52 Å². The summed E-state index contributed by atoms with van der Waals surface area (Å²) < 4.78 is 28.9. The first-order valence-electron chi connectivity index (χ1n) is 7.30. The summed E-state index contributed by atoms with van der Waals surface area (Å²) in [5.41, 5.74) is 6.48. The van der Waals surface area contributed by atoms with Crippen molar-refractivity contribution in [1.29, 1.82) is 0 Å². The highest BCUT2D eigenvalue weighted by Crippen LogP contribution is 2.26. The maximum Gasteiger partial charge on any atom is 0.201 e. The number of nitrogen functional groups attached to an aromatic ring is 1. The Kier molecular flexibility index (Phi) is 3.57. The van der Waals surface area contributed by atoms with Gasteiger partial charge in [0.2, 0.25) is 5.95 Å². The highest BCUT2D eigenvalue weighted by molar-refractivity contribution is 5.79. The minimum absolute atomic E-state index is 0.146. The van der Waals surface area contributed by atoms with E-state index >= 15 is 0 Å². The first kappa shape index (κ1) is 14.3. The van der Waals surface area contributed by atoms with Gasteiger partial charge in [0.15, 0.2) is 5.82 Å². The minimum atomic E-state index is -0.661. The van der Waals surface area contributed by atoms with Gasteiger partial charge in [0.1, 0.15) is 11.3 Å². The van der Waals surface area contributed by atoms with Crippen molar-refractivity contribution in [2.24, 2.45) is 5.92 Å². The van der Waals surface area contributed by atoms with Crippen LogP contribution in [0.1, 0.15) is 20.3 Å². The van der Waals surface area contributed by atoms with Crippen molar-refractivity contribution < 1.29 is 8.78 Å². The predicted molar refractivity (Wildman–Crippen MR) is 78.9 cm³/mol. The molecule has 2 heterocycles. The first-order chi connectivity index (χ1) is 9.95. The zero-order valence-corrected chi connectivity index (χ0v) is 12.3. The predicted octanol–water partition coefficient (Wildman–Crippen LogP) is 2.63. The number of nitrogens with two attached hydrogens (primary N) is 1. The lowest BCUT2D eigenvalue weighted by molar-refractivity contribution is 0.261. The molecule has 0 aliphatic carbocycles. The summed E-state index contributed by atoms with van der Waals surface area (Å²) in [6.07, 6.45) is 1.06. The molecule has 1 aliphatic rings. The van der Waals surface area contributed by atoms with E-state index in [0.29, 0.717) is 24.0 Å². The fraction of sp³-hybridized carbons (Fsp3) is 0.533. The number of hydrogen-bond acceptors (Lipinski definition) is 3. The number of rotatable bonds is 3. The third kappa shape index (κ3) is 2.60. The summed E-state index contributed by atoms with van der Waals surface area (Å²) in [6, 6.07) is 2.66. The number of likely N-dealkylation sites (tertiary alicyclic amines) is 1. The van der Waals surface area contributed by atoms with Crippen molar-refractivity contribution in [3.63, 3.8) is 0 Å². The third-order valence-corrected chi connectivity index (χ3v) is 4.29. The van der Waals surface area contributed by atoms with E-state index in [4.69, 9.17) is 5.73 Å². The van der Waals surface area contributed by atoms with Gasteiger partial charge in [-0.2, -0.15) is 0 Å². The van der Waals surface area contributed by atoms with Gasteiger partial charge in [0, 0.05) is 31.3 Å². The zero-order chi connectivity index (χ0) is 15.1. The van der Waals surface area contributed by atoms with Crippen molar-refractivity contribution in [3.05, 3.63) is 23.8 Å². The van der Waals surface area contributed by atoms with Crippen LogP contribution in [-0.4, -0.2) is 33.6 Å². The standard InChI is InChI=1S/C15H20F2N4/c1-9(2)20-4-3-10(7-20)8-21-13-6-11(16)5-12(17)14(13)19-15(21)18/h5-6,9-10H,3-4,7-8H2,1-2H3,(H2,18,19). The molecule has 1 unspecified atom stereocenters. The van der Waals surface area contributed by atoms with Gasteiger partial charge in [0.25, 0.3) is 0 Å². The van der Waals surface area contributed by atoms with Crippen molar-refractivity contribution in [2.45, 2.75) is 32.9 Å². The molecule has 1 aromatic heterocycles. The fourth-order valence-electron chi connectivity index (χ4n) is 3.10. The number of hydrogen-bond donors (Lipinski definition) is 1. The van der Waals surface area contributed by atoms with Gasteiger partial charge in [-0.25, -0.2) is 13.8 Å². The largest absolute Gasteiger partial charge is 0.369 e. The molecule has 21 heavy (non-hydrogen) atoms. The summed E-state index contributed by atoms with van der Waals surface area (Å²) in [7, 11) is 0. The summed E-state index contributed by atoms with van der Waals surface area (Å²) in [6.45, 7) is 7.03. The van der Waals surface area contributed by atoms with Gasteiger partial charge in [-0.05, 0) is 32.7 Å². The molecule has 2 aromatic rings. The maximum absolute atomic E-state index is 13.7. The van der Waals surface area contributed by atoms with Gasteiger partial charge in [-0.15, -0.1) is 0 Å². The van der Waals surface area contributed by atoms with E-state index in [-0.39, 0.29) is 11.5 Å². The van der Waals surface area contributed by atoms with E-state index in [1.165, 1.54) is 6.07 Å². The molecular weight excluding hydrogens is 274 g/mol. The Morgan fingerprint density at radius 3 is 2.81 bits per heavy atom. The molecule has 2 N–H and O–H groups in total. The second-order valence-electron chi connectivity index (χ2n) is 6.08. The van der Waals surface area contributed by atoms with Crippen LogP contribution in [0, 0.1) is 17.6 Å². The number of imidazole rings is 1. The minimum Gasteiger partial charge on any atom is -0.369 e. The zero-order valence-electron chi connectivity index (χ0n) is 12.3. The molecule has 3 rings (SSSR count). The lowest BCUT2D eigenvalue weighted by Gasteiger charge is -2.20. The van der Waals surface area contributed by atoms with Crippen molar-refractivity contribution in [1.82, 2.24) is 14.5 Å². The van der Waals surface area contributed by atoms with E-state index in [0.717, 1.165) is 25.6 Å². The summed E-state index contributed by atoms with van der Waals surface area (Å²) in [4.78, 5) is 6.44. The van der Waals surface area contributed by atoms with E-state index in [1.807, 2.05) is 0 Å². The SMILES string of the molecule is CC(C)N1CCC(Cn2c(N)nc3c(F)cc(F)cc32)C1. The Balaban J connectivity index is 1.89. The molecule has 1 atom stereocenters. The second kappa shape index (κ2) is 5.26. The number of benzene rings is 1. The maximum atomic E-state index is 13.7. The number of anilines is 1. The molecule has 6 heteroatoms. The normalized spacial score (nSPS) is 20.0. The van der Waals surface area contributed by atoms with E-state index in [9.17, 15) is 8.78 Å². The molecule has 114 valence electrons. The van der Waals surface area contributed by atoms with Gasteiger partial charge in [-0.1, -0.05) is 0 Å². The van der Waals surface area contributed by atoms with E-state index < -0.39 is 11.6 Å². The molecule has 0 amide bonds. The molecule has 0 saturated carbocycles. The van der Waals surface area contributed by atoms with Crippen molar-refractivity contribution in [2.75, 3.05) is 18.8 Å². The molecule has 1 saturated heterocycles. The lowest BCUT2D eigenvalue weighted by atomic mass is 10.1.